The van der Waals surface area contributed by atoms with Gasteiger partial charge in [0.1, 0.15) is 0 Å². The molecule has 3 aliphatic rings. The summed E-state index contributed by atoms with van der Waals surface area (Å²) in [4.78, 5) is 27.6. The predicted molar refractivity (Wildman–Crippen MR) is 107 cm³/mol. The zero-order chi connectivity index (χ0) is 18.9. The number of anilines is 1. The molecule has 1 aromatic carbocycles. The van der Waals surface area contributed by atoms with Crippen molar-refractivity contribution in [3.8, 4) is 0 Å². The van der Waals surface area contributed by atoms with Crippen molar-refractivity contribution in [1.82, 2.24) is 10.2 Å². The van der Waals surface area contributed by atoms with Gasteiger partial charge >= 0.3 is 0 Å². The van der Waals surface area contributed by atoms with E-state index in [1.165, 1.54) is 12.8 Å². The minimum atomic E-state index is -0.299. The number of halogens is 1. The Morgan fingerprint density at radius 2 is 1.96 bits per heavy atom. The number of benzene rings is 1. The van der Waals surface area contributed by atoms with Crippen molar-refractivity contribution >= 4 is 29.1 Å². The average molecular weight is 390 g/mol. The Morgan fingerprint density at radius 1 is 1.15 bits per heavy atom. The van der Waals surface area contributed by atoms with Crippen molar-refractivity contribution < 1.29 is 9.59 Å². The second-order valence-electron chi connectivity index (χ2n) is 8.23. The molecule has 0 bridgehead atoms. The smallest absolute Gasteiger partial charge is 0.255 e. The molecule has 5 nitrogen and oxygen atoms in total. The van der Waals surface area contributed by atoms with Crippen LogP contribution in [0, 0.1) is 11.3 Å². The number of amides is 2. The Morgan fingerprint density at radius 3 is 2.74 bits per heavy atom. The topological polar surface area (TPSA) is 61.4 Å². The molecule has 1 aromatic rings. The molecule has 2 aliphatic heterocycles. The summed E-state index contributed by atoms with van der Waals surface area (Å²) in [5.74, 6) is 0.494. The summed E-state index contributed by atoms with van der Waals surface area (Å²) >= 11 is 6.41. The lowest BCUT2D eigenvalue weighted by atomic mass is 9.67. The first kappa shape index (κ1) is 18.8. The molecule has 1 saturated carbocycles. The molecule has 4 rings (SSSR count). The van der Waals surface area contributed by atoms with E-state index in [0.717, 1.165) is 58.3 Å². The van der Waals surface area contributed by atoms with Crippen molar-refractivity contribution in [3.63, 3.8) is 0 Å². The fourth-order valence-electron chi connectivity index (χ4n) is 4.98. The molecule has 2 saturated heterocycles. The number of likely N-dealkylation sites (tertiary alicyclic amines) is 1. The van der Waals surface area contributed by atoms with Gasteiger partial charge in [-0.2, -0.15) is 0 Å². The number of piperidine rings is 1. The van der Waals surface area contributed by atoms with Crippen molar-refractivity contribution in [3.05, 3.63) is 28.8 Å². The molecule has 0 unspecified atom stereocenters. The number of rotatable bonds is 3. The maximum atomic E-state index is 13.1. The number of carbonyl (C=O) groups is 2. The van der Waals surface area contributed by atoms with Crippen molar-refractivity contribution in [2.45, 2.75) is 44.9 Å². The monoisotopic (exact) mass is 389 g/mol. The highest BCUT2D eigenvalue weighted by Crippen LogP contribution is 2.44. The fraction of sp³-hybridized carbons (Fsp3) is 0.619. The predicted octanol–water partition coefficient (Wildman–Crippen LogP) is 3.68. The van der Waals surface area contributed by atoms with Crippen LogP contribution in [0.15, 0.2) is 18.2 Å². The summed E-state index contributed by atoms with van der Waals surface area (Å²) in [5.41, 5.74) is 0.895. The summed E-state index contributed by atoms with van der Waals surface area (Å²) in [6.07, 6.45) is 7.65. The first-order valence-electron chi connectivity index (χ1n) is 10.2. The van der Waals surface area contributed by atoms with Crippen LogP contribution in [0.3, 0.4) is 0 Å². The standard InChI is InChI=1S/C21H28ClN3O2/c22-18-12-16(7-8-17(18)19(26)25-10-4-1-5-11-25)24-20(27)21-9-3-2-6-15(21)13-23-14-21/h7-8,12,15,23H,1-6,9-11,13-14H2,(H,24,27)/t15-,21+/m0/s1. The molecule has 0 radical (unpaired) electrons. The van der Waals surface area contributed by atoms with Gasteiger partial charge in [0, 0.05) is 25.3 Å². The minimum Gasteiger partial charge on any atom is -0.339 e. The highest BCUT2D eigenvalue weighted by Gasteiger charge is 2.49. The molecule has 1 aliphatic carbocycles. The number of fused-ring (bicyclic) bond motifs is 1. The maximum absolute atomic E-state index is 13.1. The minimum absolute atomic E-state index is 0.0106. The molecule has 2 amide bonds. The fourth-order valence-corrected chi connectivity index (χ4v) is 5.24. The van der Waals surface area contributed by atoms with Gasteiger partial charge in [-0.1, -0.05) is 24.4 Å². The Labute approximate surface area is 165 Å². The molecule has 146 valence electrons. The van der Waals surface area contributed by atoms with Gasteiger partial charge in [0.2, 0.25) is 5.91 Å². The third-order valence-corrected chi connectivity index (χ3v) is 6.90. The molecular formula is C21H28ClN3O2. The Kier molecular flexibility index (Phi) is 5.42. The van der Waals surface area contributed by atoms with Crippen LogP contribution in [0.2, 0.25) is 5.02 Å². The molecule has 27 heavy (non-hydrogen) atoms. The van der Waals surface area contributed by atoms with Crippen LogP contribution in [-0.4, -0.2) is 42.9 Å². The molecule has 2 heterocycles. The second-order valence-corrected chi connectivity index (χ2v) is 8.64. The Bertz CT molecular complexity index is 732. The highest BCUT2D eigenvalue weighted by molar-refractivity contribution is 6.34. The molecule has 0 aromatic heterocycles. The van der Waals surface area contributed by atoms with Crippen LogP contribution in [0.1, 0.15) is 55.3 Å². The largest absolute Gasteiger partial charge is 0.339 e. The van der Waals surface area contributed by atoms with E-state index in [9.17, 15) is 9.59 Å². The summed E-state index contributed by atoms with van der Waals surface area (Å²) in [5, 5.41) is 6.89. The van der Waals surface area contributed by atoms with E-state index < -0.39 is 0 Å². The summed E-state index contributed by atoms with van der Waals surface area (Å²) in [6, 6.07) is 5.27. The third-order valence-electron chi connectivity index (χ3n) is 6.59. The SMILES string of the molecule is O=C(c1ccc(NC(=O)[C@@]23CCCC[C@H]2CNC3)cc1Cl)N1CCCCC1. The zero-order valence-corrected chi connectivity index (χ0v) is 16.5. The lowest BCUT2D eigenvalue weighted by molar-refractivity contribution is -0.128. The van der Waals surface area contributed by atoms with Crippen LogP contribution in [0.25, 0.3) is 0 Å². The number of nitrogens with zero attached hydrogens (tertiary/aromatic N) is 1. The van der Waals surface area contributed by atoms with Crippen molar-refractivity contribution in [2.24, 2.45) is 11.3 Å². The zero-order valence-electron chi connectivity index (χ0n) is 15.7. The molecule has 6 heteroatoms. The van der Waals surface area contributed by atoms with E-state index in [4.69, 9.17) is 11.6 Å². The molecular weight excluding hydrogens is 362 g/mol. The van der Waals surface area contributed by atoms with Crippen LogP contribution in [0.5, 0.6) is 0 Å². The summed E-state index contributed by atoms with van der Waals surface area (Å²) in [7, 11) is 0. The van der Waals surface area contributed by atoms with E-state index in [2.05, 4.69) is 10.6 Å². The first-order valence-corrected chi connectivity index (χ1v) is 10.6. The first-order chi connectivity index (χ1) is 13.1. The van der Waals surface area contributed by atoms with Crippen molar-refractivity contribution in [2.75, 3.05) is 31.5 Å². The average Bonchev–Trinajstić information content (AvgIpc) is 3.14. The molecule has 3 fully saturated rings. The van der Waals surface area contributed by atoms with E-state index in [0.29, 0.717) is 22.2 Å². The Hall–Kier alpha value is -1.59. The molecule has 2 atom stereocenters. The van der Waals surface area contributed by atoms with Gasteiger partial charge < -0.3 is 15.5 Å². The Balaban J connectivity index is 1.47. The number of hydrogen-bond acceptors (Lipinski definition) is 3. The van der Waals surface area contributed by atoms with E-state index in [1.807, 2.05) is 4.90 Å². The highest BCUT2D eigenvalue weighted by atomic mass is 35.5. The van der Waals surface area contributed by atoms with Crippen LogP contribution >= 0.6 is 11.6 Å². The third kappa shape index (κ3) is 3.59. The van der Waals surface area contributed by atoms with Gasteiger partial charge in [-0.3, -0.25) is 9.59 Å². The van der Waals surface area contributed by atoms with E-state index >= 15 is 0 Å². The van der Waals surface area contributed by atoms with E-state index in [1.54, 1.807) is 18.2 Å². The van der Waals surface area contributed by atoms with Crippen LogP contribution in [-0.2, 0) is 4.79 Å². The van der Waals surface area contributed by atoms with Gasteiger partial charge in [0.05, 0.1) is 16.0 Å². The van der Waals surface area contributed by atoms with Gasteiger partial charge in [0.15, 0.2) is 0 Å². The van der Waals surface area contributed by atoms with Gasteiger partial charge in [-0.25, -0.2) is 0 Å². The van der Waals surface area contributed by atoms with Gasteiger partial charge in [-0.05, 0) is 62.8 Å². The maximum Gasteiger partial charge on any atom is 0.255 e. The molecule has 0 spiro atoms. The van der Waals surface area contributed by atoms with Crippen LogP contribution in [0.4, 0.5) is 5.69 Å². The number of carbonyl (C=O) groups excluding carboxylic acids is 2. The van der Waals surface area contributed by atoms with Gasteiger partial charge in [0.25, 0.3) is 5.91 Å². The lowest BCUT2D eigenvalue weighted by Crippen LogP contribution is -2.44. The lowest BCUT2D eigenvalue weighted by Gasteiger charge is -2.37. The van der Waals surface area contributed by atoms with Gasteiger partial charge in [-0.15, -0.1) is 0 Å². The normalized spacial score (nSPS) is 27.9. The van der Waals surface area contributed by atoms with Crippen LogP contribution < -0.4 is 10.6 Å². The van der Waals surface area contributed by atoms with E-state index in [-0.39, 0.29) is 17.2 Å². The summed E-state index contributed by atoms with van der Waals surface area (Å²) < 4.78 is 0. The number of nitrogens with one attached hydrogen (secondary N) is 2. The van der Waals surface area contributed by atoms with Crippen molar-refractivity contribution in [1.29, 1.82) is 0 Å². The second kappa shape index (κ2) is 7.80. The quantitative estimate of drug-likeness (QED) is 0.828. The molecule has 2 N–H and O–H groups in total. The summed E-state index contributed by atoms with van der Waals surface area (Å²) in [6.45, 7) is 3.27. The number of hydrogen-bond donors (Lipinski definition) is 2.